The maximum absolute atomic E-state index is 13.1. The van der Waals surface area contributed by atoms with Gasteiger partial charge in [-0.05, 0) is 60.5 Å². The molecule has 0 aliphatic carbocycles. The van der Waals surface area contributed by atoms with Gasteiger partial charge in [0.05, 0.1) is 12.2 Å². The maximum atomic E-state index is 13.1. The summed E-state index contributed by atoms with van der Waals surface area (Å²) < 4.78 is 18.6. The average molecular weight is 390 g/mol. The first-order valence-electron chi connectivity index (χ1n) is 9.20. The minimum Gasteiger partial charge on any atom is -0.482 e. The summed E-state index contributed by atoms with van der Waals surface area (Å²) in [5.74, 6) is -0.336. The quantitative estimate of drug-likeness (QED) is 0.722. The van der Waals surface area contributed by atoms with E-state index in [-0.39, 0.29) is 18.4 Å². The number of carbonyl (C=O) groups excluding carboxylic acids is 2. The van der Waals surface area contributed by atoms with E-state index in [4.69, 9.17) is 4.74 Å². The van der Waals surface area contributed by atoms with E-state index in [0.717, 1.165) is 11.1 Å². The number of aryl methyl sites for hydroxylation is 1. The van der Waals surface area contributed by atoms with Crippen molar-refractivity contribution in [2.45, 2.75) is 13.5 Å². The highest BCUT2D eigenvalue weighted by atomic mass is 19.1. The Bertz CT molecular complexity index is 1080. The number of halogens is 1. The smallest absolute Gasteiger partial charge is 0.265 e. The lowest BCUT2D eigenvalue weighted by Crippen LogP contribution is -2.38. The Balaban J connectivity index is 1.61. The number of amides is 2. The predicted octanol–water partition coefficient (Wildman–Crippen LogP) is 4.31. The van der Waals surface area contributed by atoms with E-state index >= 15 is 0 Å². The van der Waals surface area contributed by atoms with Crippen LogP contribution in [0.25, 0.3) is 0 Å². The number of benzene rings is 3. The Morgan fingerprint density at radius 1 is 1.10 bits per heavy atom. The molecule has 0 aromatic heterocycles. The van der Waals surface area contributed by atoms with Crippen LogP contribution in [0, 0.1) is 12.7 Å². The van der Waals surface area contributed by atoms with Crippen molar-refractivity contribution in [1.29, 1.82) is 0 Å². The van der Waals surface area contributed by atoms with Crippen molar-refractivity contribution in [2.75, 3.05) is 16.8 Å². The number of carbonyl (C=O) groups is 2. The Labute approximate surface area is 167 Å². The molecule has 0 fully saturated rings. The summed E-state index contributed by atoms with van der Waals surface area (Å²) in [4.78, 5) is 26.6. The summed E-state index contributed by atoms with van der Waals surface area (Å²) in [7, 11) is 0. The number of hydrogen-bond donors (Lipinski definition) is 1. The molecule has 5 nitrogen and oxygen atoms in total. The molecule has 29 heavy (non-hydrogen) atoms. The third kappa shape index (κ3) is 3.96. The van der Waals surface area contributed by atoms with E-state index in [0.29, 0.717) is 29.2 Å². The zero-order valence-corrected chi connectivity index (χ0v) is 15.8. The predicted molar refractivity (Wildman–Crippen MR) is 109 cm³/mol. The van der Waals surface area contributed by atoms with E-state index in [9.17, 15) is 14.0 Å². The molecule has 0 spiro atoms. The third-order valence-corrected chi connectivity index (χ3v) is 4.86. The summed E-state index contributed by atoms with van der Waals surface area (Å²) in [6, 6.07) is 18.3. The number of nitrogens with zero attached hydrogens (tertiary/aromatic N) is 1. The lowest BCUT2D eigenvalue weighted by atomic mass is 10.1. The Morgan fingerprint density at radius 2 is 1.86 bits per heavy atom. The highest BCUT2D eigenvalue weighted by molar-refractivity contribution is 6.05. The van der Waals surface area contributed by atoms with Crippen molar-refractivity contribution >= 4 is 23.2 Å². The largest absolute Gasteiger partial charge is 0.482 e. The number of ether oxygens (including phenoxy) is 1. The van der Waals surface area contributed by atoms with E-state index in [2.05, 4.69) is 5.32 Å². The zero-order valence-electron chi connectivity index (χ0n) is 15.8. The van der Waals surface area contributed by atoms with Crippen molar-refractivity contribution < 1.29 is 18.7 Å². The van der Waals surface area contributed by atoms with Gasteiger partial charge in [0, 0.05) is 11.3 Å². The topological polar surface area (TPSA) is 58.6 Å². The van der Waals surface area contributed by atoms with Crippen LogP contribution >= 0.6 is 0 Å². The summed E-state index contributed by atoms with van der Waals surface area (Å²) in [5.41, 5.74) is 3.59. The van der Waals surface area contributed by atoms with Gasteiger partial charge >= 0.3 is 0 Å². The number of fused-ring (bicyclic) bond motifs is 1. The molecule has 2 amide bonds. The molecule has 0 unspecified atom stereocenters. The van der Waals surface area contributed by atoms with Gasteiger partial charge in [-0.1, -0.05) is 24.3 Å². The maximum Gasteiger partial charge on any atom is 0.265 e. The van der Waals surface area contributed by atoms with Gasteiger partial charge in [0.1, 0.15) is 11.6 Å². The van der Waals surface area contributed by atoms with Crippen LogP contribution in [-0.4, -0.2) is 18.4 Å². The molecule has 0 bridgehead atoms. The van der Waals surface area contributed by atoms with Gasteiger partial charge < -0.3 is 15.0 Å². The highest BCUT2D eigenvalue weighted by Gasteiger charge is 2.26. The first-order chi connectivity index (χ1) is 14.0. The second-order valence-corrected chi connectivity index (χ2v) is 6.84. The molecule has 0 saturated carbocycles. The Kier molecular flexibility index (Phi) is 4.99. The molecule has 0 atom stereocenters. The van der Waals surface area contributed by atoms with Crippen LogP contribution in [0.5, 0.6) is 5.75 Å². The van der Waals surface area contributed by atoms with Gasteiger partial charge in [0.25, 0.3) is 11.8 Å². The molecule has 3 aromatic rings. The fourth-order valence-electron chi connectivity index (χ4n) is 3.22. The Hall–Kier alpha value is -3.67. The first-order valence-corrected chi connectivity index (χ1v) is 9.20. The first kappa shape index (κ1) is 18.7. The number of hydrogen-bond acceptors (Lipinski definition) is 3. The van der Waals surface area contributed by atoms with Crippen LogP contribution in [0.4, 0.5) is 15.8 Å². The number of anilines is 2. The van der Waals surface area contributed by atoms with Crippen molar-refractivity contribution in [2.24, 2.45) is 0 Å². The van der Waals surface area contributed by atoms with Crippen LogP contribution in [0.15, 0.2) is 66.7 Å². The van der Waals surface area contributed by atoms with Gasteiger partial charge in [-0.2, -0.15) is 0 Å². The fraction of sp³-hybridized carbons (Fsp3) is 0.130. The second-order valence-electron chi connectivity index (χ2n) is 6.84. The van der Waals surface area contributed by atoms with Crippen LogP contribution in [-0.2, 0) is 11.3 Å². The van der Waals surface area contributed by atoms with Crippen LogP contribution < -0.4 is 15.0 Å². The molecule has 0 saturated heterocycles. The molecule has 0 radical (unpaired) electrons. The minimum atomic E-state index is -0.405. The number of rotatable bonds is 4. The van der Waals surface area contributed by atoms with Crippen molar-refractivity contribution in [3.63, 3.8) is 0 Å². The molecule has 1 N–H and O–H groups in total. The highest BCUT2D eigenvalue weighted by Crippen LogP contribution is 2.36. The van der Waals surface area contributed by atoms with Crippen LogP contribution in [0.2, 0.25) is 0 Å². The molecule has 1 heterocycles. The molecular weight excluding hydrogens is 371 g/mol. The molecule has 6 heteroatoms. The van der Waals surface area contributed by atoms with E-state index in [1.807, 2.05) is 31.2 Å². The van der Waals surface area contributed by atoms with Crippen molar-refractivity contribution in [3.8, 4) is 5.75 Å². The van der Waals surface area contributed by atoms with Crippen molar-refractivity contribution in [3.05, 3.63) is 89.2 Å². The van der Waals surface area contributed by atoms with Gasteiger partial charge in [0.2, 0.25) is 0 Å². The van der Waals surface area contributed by atoms with Gasteiger partial charge in [-0.25, -0.2) is 4.39 Å². The van der Waals surface area contributed by atoms with Gasteiger partial charge in [-0.15, -0.1) is 0 Å². The normalized spacial score (nSPS) is 12.9. The Morgan fingerprint density at radius 3 is 2.62 bits per heavy atom. The minimum absolute atomic E-state index is 0.0276. The van der Waals surface area contributed by atoms with Crippen LogP contribution in [0.1, 0.15) is 21.5 Å². The zero-order chi connectivity index (χ0) is 20.4. The number of nitrogens with one attached hydrogen (secondary N) is 1. The van der Waals surface area contributed by atoms with E-state index in [1.54, 1.807) is 23.1 Å². The van der Waals surface area contributed by atoms with E-state index in [1.165, 1.54) is 24.3 Å². The lowest BCUT2D eigenvalue weighted by Gasteiger charge is -2.30. The van der Waals surface area contributed by atoms with Crippen LogP contribution in [0.3, 0.4) is 0 Å². The van der Waals surface area contributed by atoms with Gasteiger partial charge in [0.15, 0.2) is 6.61 Å². The SMILES string of the molecule is Cc1ccccc1CN1C(=O)COc2ccc(NC(=O)c3ccc(F)cc3)cc21. The second kappa shape index (κ2) is 7.75. The van der Waals surface area contributed by atoms with Crippen molar-refractivity contribution in [1.82, 2.24) is 0 Å². The molecule has 1 aliphatic heterocycles. The monoisotopic (exact) mass is 390 g/mol. The molecular formula is C23H19FN2O3. The summed E-state index contributed by atoms with van der Waals surface area (Å²) in [5, 5.41) is 2.78. The third-order valence-electron chi connectivity index (χ3n) is 4.86. The summed E-state index contributed by atoms with van der Waals surface area (Å²) in [6.07, 6.45) is 0. The van der Waals surface area contributed by atoms with Gasteiger partial charge in [-0.3, -0.25) is 9.59 Å². The molecule has 146 valence electrons. The standard InChI is InChI=1S/C23H19FN2O3/c1-15-4-2-3-5-17(15)13-26-20-12-19(10-11-21(20)29-14-22(26)27)25-23(28)16-6-8-18(24)9-7-16/h2-12H,13-14H2,1H3,(H,25,28). The average Bonchev–Trinajstić information content (AvgIpc) is 2.72. The molecule has 3 aromatic carbocycles. The molecule has 1 aliphatic rings. The fourth-order valence-corrected chi connectivity index (χ4v) is 3.22. The summed E-state index contributed by atoms with van der Waals surface area (Å²) in [6.45, 7) is 2.39. The van der Waals surface area contributed by atoms with E-state index < -0.39 is 5.82 Å². The summed E-state index contributed by atoms with van der Waals surface area (Å²) >= 11 is 0. The lowest BCUT2D eigenvalue weighted by molar-refractivity contribution is -0.121. The molecule has 4 rings (SSSR count).